The highest BCUT2D eigenvalue weighted by Crippen LogP contribution is 2.67. The molecule has 10 atom stereocenters. The number of hydrogen-bond acceptors (Lipinski definition) is 3. The van der Waals surface area contributed by atoms with Crippen LogP contribution in [0.4, 0.5) is 0 Å². The van der Waals surface area contributed by atoms with E-state index < -0.39 is 0 Å². The van der Waals surface area contributed by atoms with E-state index in [1.807, 2.05) is 0 Å². The topological polar surface area (TPSA) is 49.7 Å². The van der Waals surface area contributed by atoms with Crippen molar-refractivity contribution in [3.8, 4) is 0 Å². The number of aliphatic hydroxyl groups is 1. The van der Waals surface area contributed by atoms with Crippen molar-refractivity contribution in [1.29, 1.82) is 0 Å². The van der Waals surface area contributed by atoms with Crippen molar-refractivity contribution in [2.24, 2.45) is 57.2 Å². The van der Waals surface area contributed by atoms with Crippen LogP contribution in [0.5, 0.6) is 0 Å². The minimum atomic E-state index is -0.256. The van der Waals surface area contributed by atoms with Crippen molar-refractivity contribution in [3.05, 3.63) is 0 Å². The second kappa shape index (κ2) is 7.42. The lowest BCUT2D eigenvalue weighted by atomic mass is 9.44. The number of ketones is 1. The van der Waals surface area contributed by atoms with Crippen LogP contribution in [0.15, 0.2) is 4.99 Å². The van der Waals surface area contributed by atoms with Crippen LogP contribution in [0.25, 0.3) is 0 Å². The summed E-state index contributed by atoms with van der Waals surface area (Å²) in [5.41, 5.74) is 2.01. The molecule has 0 radical (unpaired) electrons. The Morgan fingerprint density at radius 3 is 2.50 bits per heavy atom. The average molecular weight is 414 g/mol. The summed E-state index contributed by atoms with van der Waals surface area (Å²) in [5, 5.41) is 10.2. The molecule has 0 aromatic heterocycles. The van der Waals surface area contributed by atoms with Crippen molar-refractivity contribution in [1.82, 2.24) is 0 Å². The van der Waals surface area contributed by atoms with E-state index in [1.165, 1.54) is 44.2 Å². The summed E-state index contributed by atoms with van der Waals surface area (Å²) in [7, 11) is 0. The fourth-order valence-corrected chi connectivity index (χ4v) is 9.32. The van der Waals surface area contributed by atoms with E-state index in [-0.39, 0.29) is 17.4 Å². The molecule has 5 aliphatic rings. The molecule has 0 bridgehead atoms. The number of aliphatic imine (C=N–C) groups is 1. The van der Waals surface area contributed by atoms with E-state index in [0.717, 1.165) is 44.1 Å². The highest BCUT2D eigenvalue weighted by molar-refractivity contribution is 5.87. The molecule has 3 nitrogen and oxygen atoms in total. The zero-order chi connectivity index (χ0) is 21.3. The van der Waals surface area contributed by atoms with Crippen LogP contribution in [-0.2, 0) is 4.79 Å². The van der Waals surface area contributed by atoms with Gasteiger partial charge in [-0.3, -0.25) is 9.79 Å². The number of aliphatic hydroxyl groups excluding tert-OH is 1. The van der Waals surface area contributed by atoms with Gasteiger partial charge >= 0.3 is 0 Å². The van der Waals surface area contributed by atoms with Crippen LogP contribution in [0.1, 0.15) is 91.9 Å². The number of carbonyl (C=O) groups excluding carboxylic acids is 1. The van der Waals surface area contributed by atoms with E-state index in [2.05, 4.69) is 27.7 Å². The monoisotopic (exact) mass is 413 g/mol. The molecule has 4 aliphatic carbocycles. The molecule has 0 aromatic carbocycles. The Hall–Kier alpha value is -0.700. The number of carbonyl (C=O) groups is 1. The zero-order valence-corrected chi connectivity index (χ0v) is 19.7. The molecule has 30 heavy (non-hydrogen) atoms. The summed E-state index contributed by atoms with van der Waals surface area (Å²) in [4.78, 5) is 18.3. The fourth-order valence-electron chi connectivity index (χ4n) is 9.32. The first kappa shape index (κ1) is 21.2. The lowest BCUT2D eigenvalue weighted by Crippen LogP contribution is -2.57. The molecule has 1 aliphatic heterocycles. The normalized spacial score (nSPS) is 52.1. The van der Waals surface area contributed by atoms with Crippen molar-refractivity contribution >= 4 is 11.5 Å². The van der Waals surface area contributed by atoms with Gasteiger partial charge in [-0.25, -0.2) is 0 Å². The summed E-state index contributed by atoms with van der Waals surface area (Å²) >= 11 is 0. The van der Waals surface area contributed by atoms with Crippen LogP contribution in [0.3, 0.4) is 0 Å². The smallest absolute Gasteiger partial charge is 0.136 e. The van der Waals surface area contributed by atoms with Crippen LogP contribution >= 0.6 is 0 Å². The standard InChI is InChI=1S/C27H43NO2/c1-16-5-8-24(28-15-16)17(2)20-6-7-21-19-14-25(30)23-13-18(29)9-11-27(23,4)22(19)10-12-26(20,21)3/h16-23,29H,5-15H2,1-4H3/t16-,17+,18-,19+,20-,21-,22+,23+,26+,27+/m0/s1. The van der Waals surface area contributed by atoms with E-state index in [1.54, 1.807) is 0 Å². The molecule has 0 saturated heterocycles. The van der Waals surface area contributed by atoms with Gasteiger partial charge in [0.25, 0.3) is 0 Å². The van der Waals surface area contributed by atoms with E-state index in [4.69, 9.17) is 4.99 Å². The highest BCUT2D eigenvalue weighted by atomic mass is 16.3. The first-order chi connectivity index (χ1) is 14.2. The van der Waals surface area contributed by atoms with Crippen LogP contribution in [0, 0.1) is 52.3 Å². The van der Waals surface area contributed by atoms with Gasteiger partial charge in [-0.1, -0.05) is 27.7 Å². The number of fused-ring (bicyclic) bond motifs is 5. The zero-order valence-electron chi connectivity index (χ0n) is 19.7. The summed E-state index contributed by atoms with van der Waals surface area (Å²) < 4.78 is 0. The Bertz CT molecular complexity index is 730. The molecule has 0 aromatic rings. The lowest BCUT2D eigenvalue weighted by Gasteiger charge is -2.60. The van der Waals surface area contributed by atoms with Crippen molar-refractivity contribution < 1.29 is 9.90 Å². The fraction of sp³-hybridized carbons (Fsp3) is 0.926. The van der Waals surface area contributed by atoms with E-state index >= 15 is 0 Å². The largest absolute Gasteiger partial charge is 0.393 e. The predicted octanol–water partition coefficient (Wildman–Crippen LogP) is 5.69. The first-order valence-corrected chi connectivity index (χ1v) is 13.0. The minimum absolute atomic E-state index is 0.113. The summed E-state index contributed by atoms with van der Waals surface area (Å²) in [6.07, 6.45) is 11.0. The van der Waals surface area contributed by atoms with Crippen molar-refractivity contribution in [2.75, 3.05) is 6.54 Å². The van der Waals surface area contributed by atoms with Gasteiger partial charge in [0.15, 0.2) is 0 Å². The Labute approximate surface area is 183 Å². The van der Waals surface area contributed by atoms with Crippen molar-refractivity contribution in [3.63, 3.8) is 0 Å². The minimum Gasteiger partial charge on any atom is -0.393 e. The maximum atomic E-state index is 13.3. The third kappa shape index (κ3) is 3.08. The van der Waals surface area contributed by atoms with Gasteiger partial charge in [0.2, 0.25) is 0 Å². The number of rotatable bonds is 2. The Balaban J connectivity index is 1.39. The SMILES string of the molecule is C[C@H]1CCC([C@H](C)[C@@H]2CC[C@H]3[C@H]4CC(=O)[C@H]5C[C@@H](O)CC[C@]5(C)[C@@H]4CC[C@@]32C)=NC1. The molecule has 1 heterocycles. The van der Waals surface area contributed by atoms with Gasteiger partial charge in [0.1, 0.15) is 5.78 Å². The molecule has 0 amide bonds. The summed E-state index contributed by atoms with van der Waals surface area (Å²) in [5.74, 6) is 4.66. The maximum Gasteiger partial charge on any atom is 0.136 e. The van der Waals surface area contributed by atoms with Gasteiger partial charge in [-0.05, 0) is 104 Å². The summed E-state index contributed by atoms with van der Waals surface area (Å²) in [6, 6.07) is 0. The Morgan fingerprint density at radius 2 is 1.77 bits per heavy atom. The Morgan fingerprint density at radius 1 is 1.03 bits per heavy atom. The Kier molecular flexibility index (Phi) is 5.24. The average Bonchev–Trinajstić information content (AvgIpc) is 3.07. The van der Waals surface area contributed by atoms with E-state index in [9.17, 15) is 9.90 Å². The third-order valence-electron chi connectivity index (χ3n) is 11.1. The molecule has 0 unspecified atom stereocenters. The number of Topliss-reactive ketones (excluding diaryl/α,β-unsaturated/α-hetero) is 1. The molecule has 5 rings (SSSR count). The third-order valence-corrected chi connectivity index (χ3v) is 11.1. The maximum absolute atomic E-state index is 13.3. The van der Waals surface area contributed by atoms with E-state index in [0.29, 0.717) is 34.9 Å². The molecule has 4 fully saturated rings. The summed E-state index contributed by atoms with van der Waals surface area (Å²) in [6.45, 7) is 10.8. The molecular formula is C27H43NO2. The molecule has 1 N–H and O–H groups in total. The molecular weight excluding hydrogens is 370 g/mol. The van der Waals surface area contributed by atoms with Gasteiger partial charge in [0.05, 0.1) is 6.10 Å². The second-order valence-corrected chi connectivity index (χ2v) is 12.5. The highest BCUT2D eigenvalue weighted by Gasteiger charge is 2.62. The van der Waals surface area contributed by atoms with Gasteiger partial charge in [-0.2, -0.15) is 0 Å². The lowest BCUT2D eigenvalue weighted by molar-refractivity contribution is -0.159. The van der Waals surface area contributed by atoms with Crippen LogP contribution < -0.4 is 0 Å². The second-order valence-electron chi connectivity index (χ2n) is 12.5. The van der Waals surface area contributed by atoms with Gasteiger partial charge in [-0.15, -0.1) is 0 Å². The van der Waals surface area contributed by atoms with Gasteiger partial charge in [0, 0.05) is 24.6 Å². The number of nitrogens with zero attached hydrogens (tertiary/aromatic N) is 1. The first-order valence-electron chi connectivity index (χ1n) is 13.0. The van der Waals surface area contributed by atoms with Crippen molar-refractivity contribution in [2.45, 2.75) is 98.0 Å². The molecule has 168 valence electrons. The molecule has 0 spiro atoms. The molecule has 3 heteroatoms. The molecule has 4 saturated carbocycles. The number of hydrogen-bond donors (Lipinski definition) is 1. The van der Waals surface area contributed by atoms with Crippen LogP contribution in [0.2, 0.25) is 0 Å². The van der Waals surface area contributed by atoms with Gasteiger partial charge < -0.3 is 5.11 Å². The predicted molar refractivity (Wildman–Crippen MR) is 121 cm³/mol. The quantitative estimate of drug-likeness (QED) is 0.632. The van der Waals surface area contributed by atoms with Crippen LogP contribution in [-0.4, -0.2) is 29.3 Å².